The zero-order valence-electron chi connectivity index (χ0n) is 20.5. The zero-order valence-corrected chi connectivity index (χ0v) is 20.5. The van der Waals surface area contributed by atoms with Crippen LogP contribution in [0.4, 0.5) is 0 Å². The molecule has 0 radical (unpaired) electrons. The molecule has 0 aromatic heterocycles. The molecule has 33 heavy (non-hydrogen) atoms. The highest BCUT2D eigenvalue weighted by atomic mass is 16.3. The predicted molar refractivity (Wildman–Crippen MR) is 135 cm³/mol. The highest BCUT2D eigenvalue weighted by Gasteiger charge is 2.43. The van der Waals surface area contributed by atoms with Crippen molar-refractivity contribution in [3.05, 3.63) is 59.9 Å². The minimum absolute atomic E-state index is 0.0631. The number of carbonyl (C=O) groups excluding carboxylic acids is 1. The van der Waals surface area contributed by atoms with Crippen LogP contribution in [0.15, 0.2) is 59.9 Å². The average molecular weight is 452 g/mol. The van der Waals surface area contributed by atoms with Gasteiger partial charge in [-0.1, -0.05) is 24.3 Å². The molecule has 1 N–H and O–H groups in total. The fourth-order valence-electron chi connectivity index (χ4n) is 6.24. The van der Waals surface area contributed by atoms with Crippen molar-refractivity contribution in [2.75, 3.05) is 32.7 Å². The van der Waals surface area contributed by atoms with E-state index in [0.29, 0.717) is 17.8 Å². The molecule has 2 heterocycles. The SMILES string of the molecule is C=CCN1CCC2CCC(C1)N2C(C1=CCC(C(=O)N(CC)CC)C=C1)C1=CC(O)=CCC1. The Hall–Kier alpha value is -2.11. The van der Waals surface area contributed by atoms with E-state index in [2.05, 4.69) is 34.6 Å². The Kier molecular flexibility index (Phi) is 7.92. The first-order valence-corrected chi connectivity index (χ1v) is 12.9. The number of aliphatic hydroxyl groups excluding tert-OH is 1. The summed E-state index contributed by atoms with van der Waals surface area (Å²) in [6.07, 6.45) is 18.9. The van der Waals surface area contributed by atoms with Gasteiger partial charge >= 0.3 is 0 Å². The van der Waals surface area contributed by atoms with E-state index in [9.17, 15) is 9.90 Å². The monoisotopic (exact) mass is 451 g/mol. The molecule has 4 aliphatic rings. The molecule has 2 fully saturated rings. The molecule has 4 unspecified atom stereocenters. The number of rotatable bonds is 8. The minimum atomic E-state index is -0.0631. The number of aliphatic hydroxyl groups is 1. The lowest BCUT2D eigenvalue weighted by Gasteiger charge is -2.40. The number of amides is 1. The normalized spacial score (nSPS) is 29.0. The first kappa shape index (κ1) is 24.0. The van der Waals surface area contributed by atoms with Crippen molar-refractivity contribution in [1.29, 1.82) is 0 Å². The molecule has 5 heteroatoms. The van der Waals surface area contributed by atoms with Gasteiger partial charge in [0, 0.05) is 44.8 Å². The van der Waals surface area contributed by atoms with E-state index < -0.39 is 0 Å². The first-order valence-electron chi connectivity index (χ1n) is 12.9. The number of likely N-dealkylation sites (tertiary alicyclic amines) is 1. The van der Waals surface area contributed by atoms with Crippen LogP contribution in [0.2, 0.25) is 0 Å². The molecule has 0 aromatic rings. The maximum absolute atomic E-state index is 12.9. The molecule has 0 spiro atoms. The van der Waals surface area contributed by atoms with Crippen LogP contribution in [0.25, 0.3) is 0 Å². The Morgan fingerprint density at radius 1 is 1.24 bits per heavy atom. The smallest absolute Gasteiger partial charge is 0.229 e. The van der Waals surface area contributed by atoms with E-state index in [0.717, 1.165) is 52.0 Å². The van der Waals surface area contributed by atoms with Crippen LogP contribution in [-0.4, -0.2) is 76.6 Å². The third-order valence-corrected chi connectivity index (χ3v) is 7.92. The van der Waals surface area contributed by atoms with E-state index in [4.69, 9.17) is 0 Å². The number of carbonyl (C=O) groups is 1. The van der Waals surface area contributed by atoms with Gasteiger partial charge in [-0.3, -0.25) is 14.6 Å². The van der Waals surface area contributed by atoms with Crippen molar-refractivity contribution in [1.82, 2.24) is 14.7 Å². The molecule has 2 saturated heterocycles. The van der Waals surface area contributed by atoms with Crippen molar-refractivity contribution in [2.45, 2.75) is 70.5 Å². The van der Waals surface area contributed by atoms with Gasteiger partial charge in [-0.2, -0.15) is 0 Å². The van der Waals surface area contributed by atoms with Crippen molar-refractivity contribution in [3.8, 4) is 0 Å². The molecule has 4 atom stereocenters. The van der Waals surface area contributed by atoms with Crippen LogP contribution in [0.5, 0.6) is 0 Å². The van der Waals surface area contributed by atoms with Gasteiger partial charge in [-0.25, -0.2) is 0 Å². The average Bonchev–Trinajstić information content (AvgIpc) is 3.11. The van der Waals surface area contributed by atoms with Gasteiger partial charge in [-0.15, -0.1) is 6.58 Å². The maximum Gasteiger partial charge on any atom is 0.229 e. The lowest BCUT2D eigenvalue weighted by atomic mass is 9.85. The highest BCUT2D eigenvalue weighted by molar-refractivity contribution is 5.81. The van der Waals surface area contributed by atoms with E-state index in [1.54, 1.807) is 0 Å². The van der Waals surface area contributed by atoms with Gasteiger partial charge in [0.15, 0.2) is 0 Å². The summed E-state index contributed by atoms with van der Waals surface area (Å²) in [6, 6.07) is 1.26. The third-order valence-electron chi connectivity index (χ3n) is 7.92. The Balaban J connectivity index is 1.61. The molecule has 0 saturated carbocycles. The second-order valence-electron chi connectivity index (χ2n) is 9.87. The van der Waals surface area contributed by atoms with Crippen LogP contribution in [0, 0.1) is 5.92 Å². The Bertz CT molecular complexity index is 851. The summed E-state index contributed by atoms with van der Waals surface area (Å²) < 4.78 is 0. The topological polar surface area (TPSA) is 47.0 Å². The van der Waals surface area contributed by atoms with Gasteiger partial charge in [-0.05, 0) is 75.7 Å². The first-order chi connectivity index (χ1) is 16.0. The predicted octanol–water partition coefficient (Wildman–Crippen LogP) is 4.61. The zero-order chi connectivity index (χ0) is 23.4. The van der Waals surface area contributed by atoms with Gasteiger partial charge in [0.05, 0.1) is 12.0 Å². The van der Waals surface area contributed by atoms with Crippen LogP contribution < -0.4 is 0 Å². The van der Waals surface area contributed by atoms with Crippen LogP contribution in [0.1, 0.15) is 52.4 Å². The highest BCUT2D eigenvalue weighted by Crippen LogP contribution is 2.40. The van der Waals surface area contributed by atoms with Crippen molar-refractivity contribution in [3.63, 3.8) is 0 Å². The van der Waals surface area contributed by atoms with Gasteiger partial charge in [0.2, 0.25) is 5.91 Å². The summed E-state index contributed by atoms with van der Waals surface area (Å²) in [4.78, 5) is 20.1. The Morgan fingerprint density at radius 2 is 2.03 bits per heavy atom. The van der Waals surface area contributed by atoms with E-state index in [-0.39, 0.29) is 17.9 Å². The molecular weight excluding hydrogens is 410 g/mol. The summed E-state index contributed by atoms with van der Waals surface area (Å²) in [5.41, 5.74) is 2.61. The molecule has 0 aromatic carbocycles. The standard InChI is InChI=1S/C28H41N3O2/c1-4-17-29-18-16-24-14-15-25(20-29)31(24)27(23-8-7-9-26(32)19-23)21-10-12-22(13-11-21)28(33)30(5-2)6-3/h4,9-12,19,22,24-25,27,32H,1,5-8,13-18,20H2,2-3H3. The second kappa shape index (κ2) is 10.9. The largest absolute Gasteiger partial charge is 0.508 e. The van der Waals surface area contributed by atoms with E-state index >= 15 is 0 Å². The summed E-state index contributed by atoms with van der Waals surface area (Å²) in [7, 11) is 0. The fraction of sp³-hybridized carbons (Fsp3) is 0.607. The number of fused-ring (bicyclic) bond motifs is 2. The maximum atomic E-state index is 12.9. The summed E-state index contributed by atoms with van der Waals surface area (Å²) >= 11 is 0. The molecule has 5 nitrogen and oxygen atoms in total. The molecule has 180 valence electrons. The van der Waals surface area contributed by atoms with Crippen molar-refractivity contribution < 1.29 is 9.90 Å². The van der Waals surface area contributed by atoms with Gasteiger partial charge in [0.25, 0.3) is 0 Å². The number of hydrogen-bond donors (Lipinski definition) is 1. The van der Waals surface area contributed by atoms with Crippen LogP contribution in [0.3, 0.4) is 0 Å². The van der Waals surface area contributed by atoms with Crippen molar-refractivity contribution >= 4 is 5.91 Å². The Morgan fingerprint density at radius 3 is 2.70 bits per heavy atom. The van der Waals surface area contributed by atoms with Crippen LogP contribution >= 0.6 is 0 Å². The summed E-state index contributed by atoms with van der Waals surface area (Å²) in [6.45, 7) is 12.7. The summed E-state index contributed by atoms with van der Waals surface area (Å²) in [5.74, 6) is 0.564. The van der Waals surface area contributed by atoms with E-state index in [1.165, 1.54) is 30.4 Å². The fourth-order valence-corrected chi connectivity index (χ4v) is 6.24. The van der Waals surface area contributed by atoms with E-state index in [1.807, 2.05) is 37.0 Å². The lowest BCUT2D eigenvalue weighted by Crippen LogP contribution is -2.47. The number of nitrogens with zero attached hydrogens (tertiary/aromatic N) is 3. The molecule has 4 rings (SSSR count). The number of hydrogen-bond acceptors (Lipinski definition) is 4. The molecule has 2 aliphatic heterocycles. The Labute approximate surface area is 199 Å². The van der Waals surface area contributed by atoms with Crippen molar-refractivity contribution in [2.24, 2.45) is 5.92 Å². The lowest BCUT2D eigenvalue weighted by molar-refractivity contribution is -0.133. The quantitative estimate of drug-likeness (QED) is 0.548. The number of allylic oxidation sites excluding steroid dienone is 3. The third kappa shape index (κ3) is 5.20. The molecule has 2 bridgehead atoms. The molecule has 2 aliphatic carbocycles. The van der Waals surface area contributed by atoms with Crippen LogP contribution in [-0.2, 0) is 4.79 Å². The van der Waals surface area contributed by atoms with Gasteiger partial charge in [0.1, 0.15) is 5.76 Å². The second-order valence-corrected chi connectivity index (χ2v) is 9.87. The summed E-state index contributed by atoms with van der Waals surface area (Å²) in [5, 5.41) is 10.3. The molecular formula is C28H41N3O2. The minimum Gasteiger partial charge on any atom is -0.508 e. The van der Waals surface area contributed by atoms with Gasteiger partial charge < -0.3 is 10.0 Å². The molecule has 1 amide bonds.